The number of aromatic hydroxyl groups is 1. The molecule has 0 unspecified atom stereocenters. The third-order valence-electron chi connectivity index (χ3n) is 5.33. The maximum atomic E-state index is 12.2. The van der Waals surface area contributed by atoms with Crippen molar-refractivity contribution in [3.8, 4) is 11.5 Å². The van der Waals surface area contributed by atoms with E-state index in [0.717, 1.165) is 18.7 Å². The summed E-state index contributed by atoms with van der Waals surface area (Å²) in [6.07, 6.45) is 1.89. The minimum atomic E-state index is -0.548. The number of carbonyl (C=O) groups excluding carboxylic acids is 2. The van der Waals surface area contributed by atoms with Crippen LogP contribution in [0.1, 0.15) is 34.0 Å². The number of phenols is 1. The van der Waals surface area contributed by atoms with Crippen molar-refractivity contribution in [2.24, 2.45) is 0 Å². The van der Waals surface area contributed by atoms with Crippen molar-refractivity contribution in [3.05, 3.63) is 33.9 Å². The van der Waals surface area contributed by atoms with Crippen LogP contribution < -0.4 is 4.74 Å². The normalized spacial score (nSPS) is 17.1. The standard InChI is InChI=1S/C21H27NO7/c1-13(20(24)28-11-8-22-6-9-27-10-7-22)4-5-15-18(23)17-16(12-29-21(17)25)14(2)19(15)26-3/h4,23H,5-12H2,1-3H3. The number of nitrogens with zero attached hydrogens (tertiary/aromatic N) is 1. The Hall–Kier alpha value is -2.58. The molecule has 1 saturated heterocycles. The van der Waals surface area contributed by atoms with E-state index < -0.39 is 11.9 Å². The lowest BCUT2D eigenvalue weighted by Crippen LogP contribution is -2.38. The van der Waals surface area contributed by atoms with E-state index in [2.05, 4.69) is 4.90 Å². The van der Waals surface area contributed by atoms with Crippen molar-refractivity contribution in [1.29, 1.82) is 0 Å². The minimum absolute atomic E-state index is 0.120. The largest absolute Gasteiger partial charge is 0.507 e. The van der Waals surface area contributed by atoms with E-state index in [9.17, 15) is 14.7 Å². The Bertz CT molecular complexity index is 825. The van der Waals surface area contributed by atoms with Gasteiger partial charge in [0.15, 0.2) is 0 Å². The van der Waals surface area contributed by atoms with Crippen molar-refractivity contribution in [2.75, 3.05) is 46.6 Å². The van der Waals surface area contributed by atoms with Gasteiger partial charge in [-0.15, -0.1) is 0 Å². The Kier molecular flexibility index (Phi) is 6.76. The van der Waals surface area contributed by atoms with Crippen LogP contribution in [0.5, 0.6) is 11.5 Å². The van der Waals surface area contributed by atoms with E-state index in [-0.39, 0.29) is 24.3 Å². The topological polar surface area (TPSA) is 94.5 Å². The first-order chi connectivity index (χ1) is 13.9. The highest BCUT2D eigenvalue weighted by molar-refractivity contribution is 5.98. The smallest absolute Gasteiger partial charge is 0.342 e. The van der Waals surface area contributed by atoms with Gasteiger partial charge in [-0.05, 0) is 25.8 Å². The molecule has 0 radical (unpaired) electrons. The molecule has 0 spiro atoms. The van der Waals surface area contributed by atoms with Crippen LogP contribution in [0.3, 0.4) is 0 Å². The molecule has 0 aliphatic carbocycles. The summed E-state index contributed by atoms with van der Waals surface area (Å²) in [5, 5.41) is 10.6. The molecular formula is C21H27NO7. The second-order valence-electron chi connectivity index (χ2n) is 7.10. The summed E-state index contributed by atoms with van der Waals surface area (Å²) in [5.74, 6) is -0.624. The number of morpholine rings is 1. The molecule has 1 aromatic rings. The fourth-order valence-electron chi connectivity index (χ4n) is 3.57. The van der Waals surface area contributed by atoms with E-state index in [0.29, 0.717) is 48.8 Å². The number of benzene rings is 1. The first kappa shape index (κ1) is 21.1. The average Bonchev–Trinajstić information content (AvgIpc) is 3.12. The van der Waals surface area contributed by atoms with E-state index in [1.54, 1.807) is 13.0 Å². The number of phenolic OH excluding ortho intramolecular Hbond substituents is 1. The van der Waals surface area contributed by atoms with Crippen molar-refractivity contribution in [3.63, 3.8) is 0 Å². The quantitative estimate of drug-likeness (QED) is 0.542. The van der Waals surface area contributed by atoms with Gasteiger partial charge in [-0.25, -0.2) is 9.59 Å². The van der Waals surface area contributed by atoms with Crippen molar-refractivity contribution < 1.29 is 33.6 Å². The molecule has 29 heavy (non-hydrogen) atoms. The summed E-state index contributed by atoms with van der Waals surface area (Å²) >= 11 is 0. The Labute approximate surface area is 170 Å². The number of allylic oxidation sites excluding steroid dienone is 1. The van der Waals surface area contributed by atoms with Crippen LogP contribution in [-0.2, 0) is 32.0 Å². The third-order valence-corrected chi connectivity index (χ3v) is 5.33. The average molecular weight is 405 g/mol. The first-order valence-corrected chi connectivity index (χ1v) is 9.66. The number of ether oxygens (including phenoxy) is 4. The fourth-order valence-corrected chi connectivity index (χ4v) is 3.57. The minimum Gasteiger partial charge on any atom is -0.507 e. The van der Waals surface area contributed by atoms with E-state index in [1.165, 1.54) is 7.11 Å². The number of hydrogen-bond donors (Lipinski definition) is 1. The van der Waals surface area contributed by atoms with Gasteiger partial charge in [-0.3, -0.25) is 4.90 Å². The van der Waals surface area contributed by atoms with Gasteiger partial charge in [0.2, 0.25) is 0 Å². The molecule has 1 fully saturated rings. The summed E-state index contributed by atoms with van der Waals surface area (Å²) in [6.45, 7) is 7.66. The van der Waals surface area contributed by atoms with Gasteiger partial charge in [-0.2, -0.15) is 0 Å². The van der Waals surface area contributed by atoms with Crippen molar-refractivity contribution in [1.82, 2.24) is 4.90 Å². The lowest BCUT2D eigenvalue weighted by Gasteiger charge is -2.26. The second kappa shape index (κ2) is 9.28. The Morgan fingerprint density at radius 2 is 2.03 bits per heavy atom. The lowest BCUT2D eigenvalue weighted by atomic mass is 9.95. The van der Waals surface area contributed by atoms with E-state index in [1.807, 2.05) is 6.92 Å². The molecule has 0 aromatic heterocycles. The molecular weight excluding hydrogens is 378 g/mol. The van der Waals surface area contributed by atoms with Gasteiger partial charge in [0, 0.05) is 36.3 Å². The molecule has 0 atom stereocenters. The third kappa shape index (κ3) is 4.54. The number of methoxy groups -OCH3 is 1. The predicted octanol–water partition coefficient (Wildman–Crippen LogP) is 1.74. The van der Waals surface area contributed by atoms with Gasteiger partial charge in [0.1, 0.15) is 30.3 Å². The monoisotopic (exact) mass is 405 g/mol. The fraction of sp³-hybridized carbons (Fsp3) is 0.524. The molecule has 8 heteroatoms. The first-order valence-electron chi connectivity index (χ1n) is 9.66. The zero-order valence-electron chi connectivity index (χ0n) is 17.1. The molecule has 2 heterocycles. The summed E-state index contributed by atoms with van der Waals surface area (Å²) in [4.78, 5) is 26.4. The van der Waals surface area contributed by atoms with Crippen LogP contribution in [0.25, 0.3) is 0 Å². The van der Waals surface area contributed by atoms with Crippen molar-refractivity contribution in [2.45, 2.75) is 26.9 Å². The van der Waals surface area contributed by atoms with Crippen LogP contribution in [0.4, 0.5) is 0 Å². The number of fused-ring (bicyclic) bond motifs is 1. The maximum absolute atomic E-state index is 12.2. The summed E-state index contributed by atoms with van der Waals surface area (Å²) < 4.78 is 21.1. The van der Waals surface area contributed by atoms with Crippen LogP contribution in [0.2, 0.25) is 0 Å². The van der Waals surface area contributed by atoms with Gasteiger partial charge in [0.25, 0.3) is 0 Å². The molecule has 0 saturated carbocycles. The summed E-state index contributed by atoms with van der Waals surface area (Å²) in [5.41, 5.74) is 2.44. The molecule has 8 nitrogen and oxygen atoms in total. The molecule has 0 amide bonds. The number of carbonyl (C=O) groups is 2. The van der Waals surface area contributed by atoms with Gasteiger partial charge >= 0.3 is 11.9 Å². The SMILES string of the molecule is COc1c(C)c2c(c(O)c1CC=C(C)C(=O)OCCN1CCOCC1)C(=O)OC2. The predicted molar refractivity (Wildman–Crippen MR) is 104 cm³/mol. The highest BCUT2D eigenvalue weighted by atomic mass is 16.5. The van der Waals surface area contributed by atoms with Gasteiger partial charge < -0.3 is 24.1 Å². The molecule has 1 N–H and O–H groups in total. The zero-order chi connectivity index (χ0) is 21.0. The zero-order valence-corrected chi connectivity index (χ0v) is 17.1. The number of cyclic esters (lactones) is 1. The highest BCUT2D eigenvalue weighted by Gasteiger charge is 2.31. The number of hydrogen-bond acceptors (Lipinski definition) is 8. The molecule has 158 valence electrons. The number of rotatable bonds is 7. The highest BCUT2D eigenvalue weighted by Crippen LogP contribution is 2.41. The Morgan fingerprint density at radius 1 is 1.31 bits per heavy atom. The Balaban J connectivity index is 1.67. The van der Waals surface area contributed by atoms with Crippen LogP contribution in [0.15, 0.2) is 11.6 Å². The number of esters is 2. The summed E-state index contributed by atoms with van der Waals surface area (Å²) in [6, 6.07) is 0. The second-order valence-corrected chi connectivity index (χ2v) is 7.10. The van der Waals surface area contributed by atoms with Gasteiger partial charge in [-0.1, -0.05) is 6.08 Å². The molecule has 2 aliphatic rings. The molecule has 1 aromatic carbocycles. The maximum Gasteiger partial charge on any atom is 0.342 e. The van der Waals surface area contributed by atoms with E-state index in [4.69, 9.17) is 18.9 Å². The summed E-state index contributed by atoms with van der Waals surface area (Å²) in [7, 11) is 1.51. The molecule has 0 bridgehead atoms. The Morgan fingerprint density at radius 3 is 2.72 bits per heavy atom. The molecule has 2 aliphatic heterocycles. The van der Waals surface area contributed by atoms with Crippen LogP contribution >= 0.6 is 0 Å². The molecule has 3 rings (SSSR count). The lowest BCUT2D eigenvalue weighted by molar-refractivity contribution is -0.139. The van der Waals surface area contributed by atoms with Crippen molar-refractivity contribution >= 4 is 11.9 Å². The van der Waals surface area contributed by atoms with Crippen LogP contribution in [0, 0.1) is 6.92 Å². The van der Waals surface area contributed by atoms with Crippen LogP contribution in [-0.4, -0.2) is 68.5 Å². The van der Waals surface area contributed by atoms with Gasteiger partial charge in [0.05, 0.1) is 20.3 Å². The van der Waals surface area contributed by atoms with E-state index >= 15 is 0 Å².